The standard InChI is InChI=1S/C42H36N4O6P2/c47-53(48,49)28-26-45-22-18-35(19-23-45)33-8-6-31(7-9-33)32-10-14-37(15-11-32)40-30-41(44-42(43-40)39-4-2-1-3-5-39)38-16-12-34(13-17-38)36-20-24-46(25-21-36)27-29-54(50,51)52/h1-25,30H,26-29H2,(H2-2,47,48,49,50,51,52)/p+2. The van der Waals surface area contributed by atoms with Gasteiger partial charge in [-0.1, -0.05) is 103 Å². The Bertz CT molecular complexity index is 2450. The van der Waals surface area contributed by atoms with Gasteiger partial charge < -0.3 is 19.6 Å². The first kappa shape index (κ1) is 36.9. The lowest BCUT2D eigenvalue weighted by molar-refractivity contribution is -0.692. The lowest BCUT2D eigenvalue weighted by Gasteiger charge is -2.11. The predicted molar refractivity (Wildman–Crippen MR) is 209 cm³/mol. The quantitative estimate of drug-likeness (QED) is 0.0745. The molecule has 0 atom stereocenters. The van der Waals surface area contributed by atoms with Gasteiger partial charge in [-0.05, 0) is 39.4 Å². The maximum atomic E-state index is 11.3. The van der Waals surface area contributed by atoms with Crippen molar-refractivity contribution >= 4 is 15.2 Å². The minimum Gasteiger partial charge on any atom is -0.324 e. The Hall–Kier alpha value is -5.44. The molecule has 54 heavy (non-hydrogen) atoms. The Morgan fingerprint density at radius 1 is 0.407 bits per heavy atom. The number of aryl methyl sites for hydroxylation is 2. The Labute approximate surface area is 313 Å². The van der Waals surface area contributed by atoms with Gasteiger partial charge in [-0.15, -0.1) is 0 Å². The molecule has 4 aromatic carbocycles. The third kappa shape index (κ3) is 9.56. The van der Waals surface area contributed by atoms with Crippen molar-refractivity contribution in [2.75, 3.05) is 12.3 Å². The van der Waals surface area contributed by atoms with E-state index in [9.17, 15) is 18.9 Å². The average Bonchev–Trinajstić information content (AvgIpc) is 3.19. The molecule has 0 saturated carbocycles. The summed E-state index contributed by atoms with van der Waals surface area (Å²) in [4.78, 5) is 46.6. The summed E-state index contributed by atoms with van der Waals surface area (Å²) in [7, 11) is -8.11. The van der Waals surface area contributed by atoms with Crippen molar-refractivity contribution in [3.05, 3.63) is 158 Å². The van der Waals surface area contributed by atoms with Crippen LogP contribution in [0.4, 0.5) is 0 Å². The van der Waals surface area contributed by atoms with E-state index in [1.165, 1.54) is 0 Å². The summed E-state index contributed by atoms with van der Waals surface area (Å²) < 4.78 is 26.0. The molecule has 0 bridgehead atoms. The molecule has 0 unspecified atom stereocenters. The smallest absolute Gasteiger partial charge is 0.324 e. The van der Waals surface area contributed by atoms with E-state index in [0.29, 0.717) is 5.82 Å². The van der Waals surface area contributed by atoms with Crippen LogP contribution >= 0.6 is 15.2 Å². The Morgan fingerprint density at radius 3 is 1.06 bits per heavy atom. The molecule has 0 aliphatic carbocycles. The predicted octanol–water partition coefficient (Wildman–Crippen LogP) is 7.41. The van der Waals surface area contributed by atoms with Gasteiger partial charge in [0.15, 0.2) is 43.7 Å². The Balaban J connectivity index is 1.11. The molecule has 0 aliphatic rings. The molecular formula is C42H38N4O6P2+2. The number of pyridine rings is 2. The van der Waals surface area contributed by atoms with Crippen LogP contribution in [0, 0.1) is 0 Å². The fourth-order valence-corrected chi connectivity index (χ4v) is 7.05. The van der Waals surface area contributed by atoms with E-state index < -0.39 is 15.2 Å². The van der Waals surface area contributed by atoms with Crippen molar-refractivity contribution in [3.8, 4) is 67.3 Å². The van der Waals surface area contributed by atoms with Crippen LogP contribution in [0.1, 0.15) is 0 Å². The zero-order valence-corrected chi connectivity index (χ0v) is 30.9. The minimum atomic E-state index is -4.06. The number of benzene rings is 4. The molecule has 0 saturated heterocycles. The maximum Gasteiger partial charge on any atom is 0.331 e. The summed E-state index contributed by atoms with van der Waals surface area (Å²) in [6.07, 6.45) is 6.91. The maximum absolute atomic E-state index is 11.3. The second-order valence-corrected chi connectivity index (χ2v) is 16.5. The molecule has 7 aromatic rings. The SMILES string of the molecule is O=P(O)(O)CC[n+]1ccc(-c2ccc(-c3ccc(-c4cc(-c5ccc(-c6cc[n+](CCP(=O)(O)O)cc6)cc5)nc(-c5ccccc5)n4)cc3)cc2)cc1. The molecular weight excluding hydrogens is 718 g/mol. The lowest BCUT2D eigenvalue weighted by atomic mass is 9.99. The van der Waals surface area contributed by atoms with Gasteiger partial charge in [-0.25, -0.2) is 19.1 Å². The van der Waals surface area contributed by atoms with Gasteiger partial charge in [0, 0.05) is 41.0 Å². The van der Waals surface area contributed by atoms with E-state index >= 15 is 0 Å². The summed E-state index contributed by atoms with van der Waals surface area (Å²) >= 11 is 0. The number of rotatable bonds is 12. The molecule has 4 N–H and O–H groups in total. The zero-order valence-electron chi connectivity index (χ0n) is 29.1. The first-order chi connectivity index (χ1) is 26.0. The highest BCUT2D eigenvalue weighted by atomic mass is 31.2. The molecule has 0 fully saturated rings. The van der Waals surface area contributed by atoms with E-state index in [1.807, 2.05) is 110 Å². The third-order valence-electron chi connectivity index (χ3n) is 9.09. The van der Waals surface area contributed by atoms with Crippen LogP contribution in [0.5, 0.6) is 0 Å². The molecule has 7 rings (SSSR count). The van der Waals surface area contributed by atoms with E-state index in [4.69, 9.17) is 19.8 Å². The van der Waals surface area contributed by atoms with E-state index in [2.05, 4.69) is 48.5 Å². The molecule has 10 nitrogen and oxygen atoms in total. The van der Waals surface area contributed by atoms with Gasteiger partial charge in [0.2, 0.25) is 0 Å². The van der Waals surface area contributed by atoms with Crippen LogP contribution in [0.25, 0.3) is 67.3 Å². The summed E-state index contributed by atoms with van der Waals surface area (Å²) in [5.41, 5.74) is 10.6. The lowest BCUT2D eigenvalue weighted by Crippen LogP contribution is -2.34. The van der Waals surface area contributed by atoms with Crippen molar-refractivity contribution < 1.29 is 37.8 Å². The van der Waals surface area contributed by atoms with Crippen molar-refractivity contribution in [1.82, 2.24) is 9.97 Å². The van der Waals surface area contributed by atoms with Crippen LogP contribution in [0.2, 0.25) is 0 Å². The Kier molecular flexibility index (Phi) is 10.9. The summed E-state index contributed by atoms with van der Waals surface area (Å²) in [5, 5.41) is 0. The van der Waals surface area contributed by atoms with Crippen molar-refractivity contribution in [3.63, 3.8) is 0 Å². The van der Waals surface area contributed by atoms with Gasteiger partial charge in [-0.2, -0.15) is 0 Å². The van der Waals surface area contributed by atoms with Gasteiger partial charge in [-0.3, -0.25) is 9.13 Å². The number of hydrogen-bond donors (Lipinski definition) is 4. The topological polar surface area (TPSA) is 149 Å². The highest BCUT2D eigenvalue weighted by Crippen LogP contribution is 2.35. The van der Waals surface area contributed by atoms with Crippen molar-refractivity contribution in [2.24, 2.45) is 0 Å². The van der Waals surface area contributed by atoms with E-state index in [1.54, 1.807) is 9.13 Å². The first-order valence-electron chi connectivity index (χ1n) is 17.3. The van der Waals surface area contributed by atoms with Crippen molar-refractivity contribution in [1.29, 1.82) is 0 Å². The highest BCUT2D eigenvalue weighted by molar-refractivity contribution is 7.51. The highest BCUT2D eigenvalue weighted by Gasteiger charge is 2.17. The second-order valence-electron chi connectivity index (χ2n) is 13.0. The average molecular weight is 757 g/mol. The number of aromatic nitrogens is 4. The minimum absolute atomic E-state index is 0.197. The zero-order chi connectivity index (χ0) is 37.7. The van der Waals surface area contributed by atoms with Crippen LogP contribution in [-0.4, -0.2) is 41.9 Å². The third-order valence-corrected chi connectivity index (χ3v) is 10.7. The molecule has 0 spiro atoms. The fourth-order valence-electron chi connectivity index (χ4n) is 6.07. The van der Waals surface area contributed by atoms with Crippen LogP contribution in [0.15, 0.2) is 158 Å². The van der Waals surface area contributed by atoms with Gasteiger partial charge in [0.1, 0.15) is 12.3 Å². The van der Waals surface area contributed by atoms with Gasteiger partial charge in [0.25, 0.3) is 0 Å². The van der Waals surface area contributed by atoms with Crippen LogP contribution in [0.3, 0.4) is 0 Å². The largest absolute Gasteiger partial charge is 0.331 e. The normalized spacial score (nSPS) is 11.8. The van der Waals surface area contributed by atoms with E-state index in [-0.39, 0.29) is 25.4 Å². The second kappa shape index (κ2) is 15.9. The van der Waals surface area contributed by atoms with Gasteiger partial charge in [0.05, 0.1) is 11.4 Å². The summed E-state index contributed by atoms with van der Waals surface area (Å²) in [5.74, 6) is 0.628. The van der Waals surface area contributed by atoms with Gasteiger partial charge >= 0.3 is 15.2 Å². The molecule has 0 radical (unpaired) electrons. The van der Waals surface area contributed by atoms with Crippen molar-refractivity contribution in [2.45, 2.75) is 13.1 Å². The molecule has 12 heteroatoms. The fraction of sp³-hybridized carbons (Fsp3) is 0.0952. The van der Waals surface area contributed by atoms with Crippen LogP contribution in [-0.2, 0) is 22.2 Å². The summed E-state index contributed by atoms with van der Waals surface area (Å²) in [6, 6.07) is 44.4. The molecule has 3 aromatic heterocycles. The first-order valence-corrected chi connectivity index (χ1v) is 20.9. The number of hydrogen-bond acceptors (Lipinski definition) is 4. The van der Waals surface area contributed by atoms with Crippen LogP contribution < -0.4 is 9.13 Å². The molecule has 270 valence electrons. The summed E-state index contributed by atoms with van der Waals surface area (Å²) in [6.45, 7) is 0.492. The number of nitrogens with zero attached hydrogens (tertiary/aromatic N) is 4. The van der Waals surface area contributed by atoms with E-state index in [0.717, 1.165) is 61.5 Å². The monoisotopic (exact) mass is 756 g/mol. The molecule has 0 aliphatic heterocycles. The molecule has 0 amide bonds. The molecule has 3 heterocycles. The Morgan fingerprint density at radius 2 is 0.722 bits per heavy atom.